The van der Waals surface area contributed by atoms with E-state index in [2.05, 4.69) is 44.0 Å². The highest BCUT2D eigenvalue weighted by Crippen LogP contribution is 2.17. The van der Waals surface area contributed by atoms with Crippen LogP contribution in [0.2, 0.25) is 0 Å². The summed E-state index contributed by atoms with van der Waals surface area (Å²) in [5.74, 6) is 0. The molecule has 0 fully saturated rings. The Bertz CT molecular complexity index is 274. The van der Waals surface area contributed by atoms with Crippen molar-refractivity contribution in [1.29, 1.82) is 0 Å². The van der Waals surface area contributed by atoms with E-state index in [-0.39, 0.29) is 0 Å². The monoisotopic (exact) mass is 192 g/mol. The Hall–Kier alpha value is -1.02. The van der Waals surface area contributed by atoms with Gasteiger partial charge in [0.05, 0.1) is 0 Å². The molecule has 0 aliphatic rings. The molecular weight excluding hydrogens is 172 g/mol. The molecule has 1 aromatic rings. The highest BCUT2D eigenvalue weighted by molar-refractivity contribution is 5.50. The van der Waals surface area contributed by atoms with Gasteiger partial charge in [-0.3, -0.25) is 0 Å². The standard InChI is InChI=1S/C12H20N2/c1-10-7-11(2)9-12(8-10)14(3)6-4-5-13/h7-9H,4-6,13H2,1-3H3. The van der Waals surface area contributed by atoms with Crippen LogP contribution in [-0.2, 0) is 0 Å². The third kappa shape index (κ3) is 3.04. The Kier molecular flexibility index (Phi) is 3.96. The van der Waals surface area contributed by atoms with Gasteiger partial charge in [0.15, 0.2) is 0 Å². The molecule has 0 heterocycles. The van der Waals surface area contributed by atoms with Crippen LogP contribution >= 0.6 is 0 Å². The van der Waals surface area contributed by atoms with E-state index in [0.717, 1.165) is 19.5 Å². The van der Waals surface area contributed by atoms with Crippen molar-refractivity contribution >= 4 is 5.69 Å². The van der Waals surface area contributed by atoms with Gasteiger partial charge in [0.2, 0.25) is 0 Å². The van der Waals surface area contributed by atoms with Gasteiger partial charge in [-0.25, -0.2) is 0 Å². The molecule has 0 saturated heterocycles. The van der Waals surface area contributed by atoms with E-state index in [1.807, 2.05) is 0 Å². The zero-order valence-corrected chi connectivity index (χ0v) is 9.38. The van der Waals surface area contributed by atoms with E-state index in [1.54, 1.807) is 0 Å². The molecule has 0 radical (unpaired) electrons. The molecule has 2 N–H and O–H groups in total. The fraction of sp³-hybridized carbons (Fsp3) is 0.500. The van der Waals surface area contributed by atoms with Crippen molar-refractivity contribution < 1.29 is 0 Å². The Labute approximate surface area is 86.7 Å². The van der Waals surface area contributed by atoms with Crippen molar-refractivity contribution in [2.45, 2.75) is 20.3 Å². The molecule has 0 atom stereocenters. The summed E-state index contributed by atoms with van der Waals surface area (Å²) in [6.45, 7) is 6.05. The molecule has 14 heavy (non-hydrogen) atoms. The third-order valence-electron chi connectivity index (χ3n) is 2.34. The van der Waals surface area contributed by atoms with E-state index >= 15 is 0 Å². The van der Waals surface area contributed by atoms with E-state index in [4.69, 9.17) is 5.73 Å². The zero-order chi connectivity index (χ0) is 10.6. The summed E-state index contributed by atoms with van der Waals surface area (Å²) in [7, 11) is 2.11. The van der Waals surface area contributed by atoms with Crippen molar-refractivity contribution in [2.24, 2.45) is 5.73 Å². The van der Waals surface area contributed by atoms with Crippen LogP contribution in [0.25, 0.3) is 0 Å². The molecule has 1 aromatic carbocycles. The number of hydrogen-bond donors (Lipinski definition) is 1. The molecule has 0 amide bonds. The van der Waals surface area contributed by atoms with Crippen LogP contribution in [-0.4, -0.2) is 20.1 Å². The summed E-state index contributed by atoms with van der Waals surface area (Å²) < 4.78 is 0. The fourth-order valence-corrected chi connectivity index (χ4v) is 1.63. The van der Waals surface area contributed by atoms with Gasteiger partial charge in [-0.15, -0.1) is 0 Å². The molecule has 0 unspecified atom stereocenters. The second kappa shape index (κ2) is 5.01. The van der Waals surface area contributed by atoms with Gasteiger partial charge < -0.3 is 10.6 Å². The first-order valence-electron chi connectivity index (χ1n) is 5.13. The molecule has 0 spiro atoms. The number of nitrogens with two attached hydrogens (primary N) is 1. The number of hydrogen-bond acceptors (Lipinski definition) is 2. The van der Waals surface area contributed by atoms with Crippen LogP contribution in [0.15, 0.2) is 18.2 Å². The normalized spacial score (nSPS) is 10.3. The largest absolute Gasteiger partial charge is 0.375 e. The molecule has 1 rings (SSSR count). The summed E-state index contributed by atoms with van der Waals surface area (Å²) in [6, 6.07) is 6.62. The smallest absolute Gasteiger partial charge is 0.0368 e. The zero-order valence-electron chi connectivity index (χ0n) is 9.38. The summed E-state index contributed by atoms with van der Waals surface area (Å²) >= 11 is 0. The summed E-state index contributed by atoms with van der Waals surface area (Å²) in [6.07, 6.45) is 1.05. The van der Waals surface area contributed by atoms with Gasteiger partial charge >= 0.3 is 0 Å². The predicted molar refractivity (Wildman–Crippen MR) is 62.9 cm³/mol. The van der Waals surface area contributed by atoms with Crippen LogP contribution in [0.5, 0.6) is 0 Å². The first-order valence-corrected chi connectivity index (χ1v) is 5.13. The lowest BCUT2D eigenvalue weighted by atomic mass is 10.1. The molecule has 2 heteroatoms. The van der Waals surface area contributed by atoms with Gasteiger partial charge in [0.25, 0.3) is 0 Å². The third-order valence-corrected chi connectivity index (χ3v) is 2.34. The summed E-state index contributed by atoms with van der Waals surface area (Å²) in [5, 5.41) is 0. The number of aryl methyl sites for hydroxylation is 2. The van der Waals surface area contributed by atoms with Gasteiger partial charge in [-0.05, 0) is 50.1 Å². The maximum Gasteiger partial charge on any atom is 0.0368 e. The van der Waals surface area contributed by atoms with Crippen molar-refractivity contribution in [1.82, 2.24) is 0 Å². The molecule has 0 bridgehead atoms. The SMILES string of the molecule is Cc1cc(C)cc(N(C)CCCN)c1. The first-order chi connectivity index (χ1) is 6.63. The number of benzene rings is 1. The van der Waals surface area contributed by atoms with Gasteiger partial charge in [-0.1, -0.05) is 6.07 Å². The van der Waals surface area contributed by atoms with Crippen molar-refractivity contribution in [3.05, 3.63) is 29.3 Å². The van der Waals surface area contributed by atoms with Gasteiger partial charge in [-0.2, -0.15) is 0 Å². The number of rotatable bonds is 4. The Morgan fingerprint density at radius 2 is 1.71 bits per heavy atom. The van der Waals surface area contributed by atoms with Crippen LogP contribution in [0, 0.1) is 13.8 Å². The van der Waals surface area contributed by atoms with Gasteiger partial charge in [0, 0.05) is 19.3 Å². The molecule has 0 aliphatic carbocycles. The lowest BCUT2D eigenvalue weighted by Crippen LogP contribution is -2.21. The minimum absolute atomic E-state index is 0.759. The Balaban J connectivity index is 2.73. The average molecular weight is 192 g/mol. The molecule has 0 saturated carbocycles. The van der Waals surface area contributed by atoms with Crippen LogP contribution in [0.3, 0.4) is 0 Å². The Morgan fingerprint density at radius 1 is 1.14 bits per heavy atom. The number of nitrogens with zero attached hydrogens (tertiary/aromatic N) is 1. The molecular formula is C12H20N2. The number of anilines is 1. The molecule has 0 aromatic heterocycles. The minimum atomic E-state index is 0.759. The minimum Gasteiger partial charge on any atom is -0.375 e. The fourth-order valence-electron chi connectivity index (χ4n) is 1.63. The second-order valence-electron chi connectivity index (χ2n) is 3.91. The molecule has 78 valence electrons. The van der Waals surface area contributed by atoms with Crippen LogP contribution in [0.1, 0.15) is 17.5 Å². The van der Waals surface area contributed by atoms with Crippen molar-refractivity contribution in [3.63, 3.8) is 0 Å². The van der Waals surface area contributed by atoms with Crippen molar-refractivity contribution in [3.8, 4) is 0 Å². The van der Waals surface area contributed by atoms with Gasteiger partial charge in [0.1, 0.15) is 0 Å². The maximum atomic E-state index is 5.49. The molecule has 2 nitrogen and oxygen atoms in total. The highest BCUT2D eigenvalue weighted by atomic mass is 15.1. The second-order valence-corrected chi connectivity index (χ2v) is 3.91. The maximum absolute atomic E-state index is 5.49. The van der Waals surface area contributed by atoms with Crippen molar-refractivity contribution in [2.75, 3.05) is 25.0 Å². The summed E-state index contributed by atoms with van der Waals surface area (Å²) in [4.78, 5) is 2.26. The van der Waals surface area contributed by atoms with Crippen LogP contribution in [0.4, 0.5) is 5.69 Å². The van der Waals surface area contributed by atoms with E-state index in [9.17, 15) is 0 Å². The quantitative estimate of drug-likeness (QED) is 0.791. The highest BCUT2D eigenvalue weighted by Gasteiger charge is 2.01. The lowest BCUT2D eigenvalue weighted by molar-refractivity contribution is 0.795. The van der Waals surface area contributed by atoms with E-state index < -0.39 is 0 Å². The Morgan fingerprint density at radius 3 is 2.21 bits per heavy atom. The van der Waals surface area contributed by atoms with E-state index in [0.29, 0.717) is 0 Å². The van der Waals surface area contributed by atoms with E-state index in [1.165, 1.54) is 16.8 Å². The summed E-state index contributed by atoms with van der Waals surface area (Å²) in [5.41, 5.74) is 9.41. The first kappa shape index (κ1) is 11.1. The van der Waals surface area contributed by atoms with Crippen LogP contribution < -0.4 is 10.6 Å². The molecule has 0 aliphatic heterocycles. The predicted octanol–water partition coefficient (Wildman–Crippen LogP) is 2.09. The average Bonchev–Trinajstić information content (AvgIpc) is 2.12. The lowest BCUT2D eigenvalue weighted by Gasteiger charge is -2.20. The topological polar surface area (TPSA) is 29.3 Å².